The monoisotopic (exact) mass is 354 g/mol. The summed E-state index contributed by atoms with van der Waals surface area (Å²) in [7, 11) is 0. The molecule has 0 spiro atoms. The summed E-state index contributed by atoms with van der Waals surface area (Å²) in [6.45, 7) is 0. The number of anilines is 2. The average Bonchev–Trinajstić information content (AvgIpc) is 2.62. The molecule has 0 bridgehead atoms. The zero-order valence-corrected chi connectivity index (χ0v) is 13.3. The summed E-state index contributed by atoms with van der Waals surface area (Å²) in [6, 6.07) is 9.53. The molecule has 0 radical (unpaired) electrons. The van der Waals surface area contributed by atoms with Crippen LogP contribution in [0.3, 0.4) is 0 Å². The Morgan fingerprint density at radius 2 is 0.885 bits per heavy atom. The highest BCUT2D eigenvalue weighted by Gasteiger charge is 2.05. The van der Waals surface area contributed by atoms with Crippen molar-refractivity contribution in [1.82, 2.24) is 20.4 Å². The molecule has 0 saturated carbocycles. The van der Waals surface area contributed by atoms with Crippen LogP contribution in [0.1, 0.15) is 0 Å². The smallest absolute Gasteiger partial charge is 0.272 e. The van der Waals surface area contributed by atoms with Crippen LogP contribution in [-0.2, 0) is 0 Å². The number of rotatable bonds is 0. The summed E-state index contributed by atoms with van der Waals surface area (Å²) in [6.07, 6.45) is 0. The van der Waals surface area contributed by atoms with Crippen LogP contribution in [0.15, 0.2) is 55.6 Å². The summed E-state index contributed by atoms with van der Waals surface area (Å²) in [5, 5.41) is 9.96. The molecule has 10 nitrogen and oxygen atoms in total. The van der Waals surface area contributed by atoms with Crippen molar-refractivity contribution in [3.8, 4) is 0 Å². The van der Waals surface area contributed by atoms with E-state index < -0.39 is 0 Å². The maximum absolute atomic E-state index is 11.2. The Kier molecular flexibility index (Phi) is 4.15. The van der Waals surface area contributed by atoms with Crippen LogP contribution in [0.4, 0.5) is 11.4 Å². The van der Waals surface area contributed by atoms with Crippen molar-refractivity contribution in [3.63, 3.8) is 0 Å². The van der Waals surface area contributed by atoms with Gasteiger partial charge >= 0.3 is 0 Å². The first kappa shape index (κ1) is 16.8. The van der Waals surface area contributed by atoms with Gasteiger partial charge in [0, 0.05) is 11.4 Å². The summed E-state index contributed by atoms with van der Waals surface area (Å²) in [5.41, 5.74) is 10.3. The number of benzene rings is 2. The van der Waals surface area contributed by atoms with E-state index in [-0.39, 0.29) is 33.0 Å². The number of fused-ring (bicyclic) bond motifs is 2. The average molecular weight is 354 g/mol. The second-order valence-corrected chi connectivity index (χ2v) is 5.36. The normalized spacial score (nSPS) is 10.5. The Morgan fingerprint density at radius 3 is 1.23 bits per heavy atom. The van der Waals surface area contributed by atoms with Gasteiger partial charge in [-0.15, -0.1) is 0 Å². The van der Waals surface area contributed by atoms with E-state index in [0.29, 0.717) is 22.1 Å². The summed E-state index contributed by atoms with van der Waals surface area (Å²) in [4.78, 5) is 44.9. The Hall–Kier alpha value is -4.08. The van der Waals surface area contributed by atoms with Gasteiger partial charge in [-0.3, -0.25) is 39.6 Å². The highest BCUT2D eigenvalue weighted by Crippen LogP contribution is 2.12. The van der Waals surface area contributed by atoms with Gasteiger partial charge in [-0.25, -0.2) is 0 Å². The van der Waals surface area contributed by atoms with Crippen molar-refractivity contribution >= 4 is 32.9 Å². The zero-order chi connectivity index (χ0) is 18.8. The van der Waals surface area contributed by atoms with E-state index in [9.17, 15) is 19.2 Å². The van der Waals surface area contributed by atoms with Crippen LogP contribution in [0.2, 0.25) is 0 Å². The number of hydrogen-bond acceptors (Lipinski definition) is 6. The predicted octanol–water partition coefficient (Wildman–Crippen LogP) is -0.403. The van der Waals surface area contributed by atoms with Gasteiger partial charge in [0.25, 0.3) is 22.2 Å². The minimum absolute atomic E-state index is 0.242. The molecule has 2 heterocycles. The van der Waals surface area contributed by atoms with Crippen molar-refractivity contribution in [2.45, 2.75) is 0 Å². The molecule has 26 heavy (non-hydrogen) atoms. The topological polar surface area (TPSA) is 183 Å². The van der Waals surface area contributed by atoms with Crippen LogP contribution in [-0.4, -0.2) is 20.4 Å². The van der Waals surface area contributed by atoms with Gasteiger partial charge in [-0.1, -0.05) is 12.1 Å². The molecule has 0 saturated heterocycles. The van der Waals surface area contributed by atoms with Crippen molar-refractivity contribution in [1.29, 1.82) is 0 Å². The lowest BCUT2D eigenvalue weighted by Gasteiger charge is -1.97. The Bertz CT molecular complexity index is 1240. The second-order valence-electron chi connectivity index (χ2n) is 5.36. The lowest BCUT2D eigenvalue weighted by Crippen LogP contribution is -2.19. The van der Waals surface area contributed by atoms with Crippen molar-refractivity contribution in [2.24, 2.45) is 0 Å². The number of H-pyrrole nitrogens is 4. The van der Waals surface area contributed by atoms with E-state index >= 15 is 0 Å². The fourth-order valence-corrected chi connectivity index (χ4v) is 2.51. The zero-order valence-electron chi connectivity index (χ0n) is 13.3. The molecule has 0 fully saturated rings. The SMILES string of the molecule is Nc1cccc2c(=O)[nH][nH]c(=O)c12.Nc1cccc2c(=O)[nH][nH]c(=O)c12. The molecule has 10 heteroatoms. The van der Waals surface area contributed by atoms with E-state index in [0.717, 1.165) is 0 Å². The molecule has 8 N–H and O–H groups in total. The standard InChI is InChI=1S/2C8H7N3O2/c2*9-5-3-1-2-4-6(5)8(13)11-10-7(4)12/h2*1-3H,9H2,(H,10,12)(H,11,13). The molecule has 0 amide bonds. The third kappa shape index (κ3) is 2.86. The number of aromatic amines is 4. The molecule has 0 unspecified atom stereocenters. The van der Waals surface area contributed by atoms with E-state index in [1.807, 2.05) is 0 Å². The quantitative estimate of drug-likeness (QED) is 0.233. The first-order chi connectivity index (χ1) is 12.4. The largest absolute Gasteiger partial charge is 0.398 e. The fourth-order valence-electron chi connectivity index (χ4n) is 2.51. The van der Waals surface area contributed by atoms with Gasteiger partial charge < -0.3 is 11.5 Å². The molecule has 4 rings (SSSR count). The van der Waals surface area contributed by atoms with Crippen LogP contribution in [0.25, 0.3) is 21.5 Å². The van der Waals surface area contributed by atoms with Crippen LogP contribution >= 0.6 is 0 Å². The Morgan fingerprint density at radius 1 is 0.538 bits per heavy atom. The lowest BCUT2D eigenvalue weighted by molar-refractivity contribution is 0.977. The summed E-state index contributed by atoms with van der Waals surface area (Å²) < 4.78 is 0. The molecule has 0 aliphatic heterocycles. The van der Waals surface area contributed by atoms with Crippen molar-refractivity contribution in [3.05, 3.63) is 77.8 Å². The maximum Gasteiger partial charge on any atom is 0.272 e. The van der Waals surface area contributed by atoms with Crippen molar-refractivity contribution < 1.29 is 0 Å². The van der Waals surface area contributed by atoms with E-state index in [2.05, 4.69) is 20.4 Å². The van der Waals surface area contributed by atoms with Gasteiger partial charge in [0.1, 0.15) is 0 Å². The molecule has 132 valence electrons. The molecular weight excluding hydrogens is 340 g/mol. The number of nitrogens with two attached hydrogens (primary N) is 2. The predicted molar refractivity (Wildman–Crippen MR) is 99.2 cm³/mol. The van der Waals surface area contributed by atoms with Crippen LogP contribution < -0.4 is 33.7 Å². The van der Waals surface area contributed by atoms with Crippen LogP contribution in [0, 0.1) is 0 Å². The molecule has 2 aromatic carbocycles. The Balaban J connectivity index is 0.000000151. The minimum atomic E-state index is -0.382. The summed E-state index contributed by atoms with van der Waals surface area (Å²) >= 11 is 0. The number of aromatic nitrogens is 4. The van der Waals surface area contributed by atoms with Gasteiger partial charge in [-0.2, -0.15) is 0 Å². The van der Waals surface area contributed by atoms with Gasteiger partial charge in [0.2, 0.25) is 0 Å². The maximum atomic E-state index is 11.2. The van der Waals surface area contributed by atoms with Crippen molar-refractivity contribution in [2.75, 3.05) is 11.5 Å². The molecular formula is C16H14N6O4. The first-order valence-electron chi connectivity index (χ1n) is 7.38. The molecule has 0 aliphatic carbocycles. The minimum Gasteiger partial charge on any atom is -0.398 e. The highest BCUT2D eigenvalue weighted by atomic mass is 16.2. The van der Waals surface area contributed by atoms with Gasteiger partial charge in [0.05, 0.1) is 21.5 Å². The molecule has 0 aliphatic rings. The molecule has 2 aromatic heterocycles. The molecule has 0 atom stereocenters. The number of nitrogen functional groups attached to an aromatic ring is 2. The van der Waals surface area contributed by atoms with E-state index in [1.165, 1.54) is 0 Å². The number of nitrogens with one attached hydrogen (secondary N) is 4. The third-order valence-electron chi connectivity index (χ3n) is 3.72. The highest BCUT2D eigenvalue weighted by molar-refractivity contribution is 5.91. The van der Waals surface area contributed by atoms with E-state index in [1.54, 1.807) is 36.4 Å². The lowest BCUT2D eigenvalue weighted by atomic mass is 10.2. The van der Waals surface area contributed by atoms with Gasteiger partial charge in [-0.05, 0) is 24.3 Å². The molecule has 4 aromatic rings. The fraction of sp³-hybridized carbons (Fsp3) is 0. The van der Waals surface area contributed by atoms with E-state index in [4.69, 9.17) is 11.5 Å². The third-order valence-corrected chi connectivity index (χ3v) is 3.72. The second kappa shape index (κ2) is 6.43. The first-order valence-corrected chi connectivity index (χ1v) is 7.38. The van der Waals surface area contributed by atoms with Crippen LogP contribution in [0.5, 0.6) is 0 Å². The van der Waals surface area contributed by atoms with Gasteiger partial charge in [0.15, 0.2) is 0 Å². The summed E-state index contributed by atoms with van der Waals surface area (Å²) in [5.74, 6) is 0. The number of hydrogen-bond donors (Lipinski definition) is 6. The Labute approximate surface area is 143 Å².